The fourth-order valence-electron chi connectivity index (χ4n) is 2.18. The van der Waals surface area contributed by atoms with Crippen molar-refractivity contribution in [1.82, 2.24) is 20.0 Å². The Hall–Kier alpha value is -1.93. The van der Waals surface area contributed by atoms with Crippen molar-refractivity contribution in [2.75, 3.05) is 40.0 Å². The monoisotopic (exact) mass is 310 g/mol. The number of morpholine rings is 1. The van der Waals surface area contributed by atoms with Crippen molar-refractivity contribution >= 4 is 11.8 Å². The molecule has 1 saturated heterocycles. The van der Waals surface area contributed by atoms with Crippen molar-refractivity contribution in [3.05, 3.63) is 18.0 Å². The van der Waals surface area contributed by atoms with Crippen LogP contribution in [0, 0.1) is 0 Å². The second-order valence-electron chi connectivity index (χ2n) is 5.03. The molecule has 1 aliphatic heterocycles. The molecular formula is C14H22N4O4. The molecule has 1 N–H and O–H groups in total. The second-order valence-corrected chi connectivity index (χ2v) is 5.03. The Kier molecular flexibility index (Phi) is 5.91. The summed E-state index contributed by atoms with van der Waals surface area (Å²) in [6.07, 6.45) is 1.55. The molecule has 0 spiro atoms. The van der Waals surface area contributed by atoms with Crippen LogP contribution in [0.2, 0.25) is 0 Å². The summed E-state index contributed by atoms with van der Waals surface area (Å²) in [5.41, 5.74) is 0.380. The van der Waals surface area contributed by atoms with Crippen LogP contribution >= 0.6 is 0 Å². The van der Waals surface area contributed by atoms with E-state index in [0.717, 1.165) is 6.54 Å². The number of carbonyl (C=O) groups is 2. The molecule has 2 rings (SSSR count). The molecule has 0 aromatic carbocycles. The molecule has 0 aliphatic carbocycles. The van der Waals surface area contributed by atoms with Crippen molar-refractivity contribution < 1.29 is 19.1 Å². The summed E-state index contributed by atoms with van der Waals surface area (Å²) < 4.78 is 12.1. The van der Waals surface area contributed by atoms with Gasteiger partial charge in [0.25, 0.3) is 5.91 Å². The highest BCUT2D eigenvalue weighted by Crippen LogP contribution is 2.06. The summed E-state index contributed by atoms with van der Waals surface area (Å²) in [5, 5.41) is 6.93. The van der Waals surface area contributed by atoms with Crippen LogP contribution in [0.1, 0.15) is 17.4 Å². The lowest BCUT2D eigenvalue weighted by Gasteiger charge is -2.32. The minimum absolute atomic E-state index is 0.0364. The largest absolute Gasteiger partial charge is 0.383 e. The van der Waals surface area contributed by atoms with E-state index in [1.807, 2.05) is 6.92 Å². The van der Waals surface area contributed by atoms with Gasteiger partial charge in [-0.05, 0) is 13.0 Å². The van der Waals surface area contributed by atoms with E-state index in [2.05, 4.69) is 10.4 Å². The molecule has 22 heavy (non-hydrogen) atoms. The molecule has 1 aromatic rings. The van der Waals surface area contributed by atoms with E-state index in [4.69, 9.17) is 9.47 Å². The highest BCUT2D eigenvalue weighted by molar-refractivity contribution is 5.92. The number of hydrogen-bond donors (Lipinski definition) is 1. The van der Waals surface area contributed by atoms with E-state index >= 15 is 0 Å². The Balaban J connectivity index is 1.80. The molecule has 2 amide bonds. The maximum absolute atomic E-state index is 12.0. The molecule has 1 aromatic heterocycles. The smallest absolute Gasteiger partial charge is 0.271 e. The van der Waals surface area contributed by atoms with Gasteiger partial charge in [0.05, 0.1) is 12.7 Å². The van der Waals surface area contributed by atoms with Crippen LogP contribution in [-0.2, 0) is 20.8 Å². The molecule has 1 fully saturated rings. The summed E-state index contributed by atoms with van der Waals surface area (Å²) >= 11 is 0. The van der Waals surface area contributed by atoms with Gasteiger partial charge in [-0.2, -0.15) is 5.10 Å². The first kappa shape index (κ1) is 16.4. The highest BCUT2D eigenvalue weighted by Gasteiger charge is 2.26. The molecule has 1 atom stereocenters. The van der Waals surface area contributed by atoms with E-state index < -0.39 is 0 Å². The van der Waals surface area contributed by atoms with Crippen LogP contribution in [0.25, 0.3) is 0 Å². The van der Waals surface area contributed by atoms with Crippen molar-refractivity contribution in [2.45, 2.75) is 19.6 Å². The molecule has 1 unspecified atom stereocenters. The molecule has 0 bridgehead atoms. The van der Waals surface area contributed by atoms with Gasteiger partial charge in [0, 0.05) is 39.5 Å². The molecule has 122 valence electrons. The first-order chi connectivity index (χ1) is 10.6. The van der Waals surface area contributed by atoms with Gasteiger partial charge in [-0.15, -0.1) is 0 Å². The average molecular weight is 310 g/mol. The van der Waals surface area contributed by atoms with Gasteiger partial charge in [0.15, 0.2) is 0 Å². The van der Waals surface area contributed by atoms with Crippen LogP contribution in [0.15, 0.2) is 12.3 Å². The van der Waals surface area contributed by atoms with Crippen LogP contribution < -0.4 is 5.32 Å². The number of methoxy groups -OCH3 is 1. The third-order valence-corrected chi connectivity index (χ3v) is 3.47. The van der Waals surface area contributed by atoms with Gasteiger partial charge in [-0.3, -0.25) is 14.3 Å². The molecule has 8 heteroatoms. The molecule has 0 saturated carbocycles. The van der Waals surface area contributed by atoms with E-state index in [1.165, 1.54) is 0 Å². The zero-order valence-corrected chi connectivity index (χ0v) is 12.9. The number of nitrogens with zero attached hydrogens (tertiary/aromatic N) is 3. The van der Waals surface area contributed by atoms with Crippen LogP contribution in [0.5, 0.6) is 0 Å². The number of hydrogen-bond acceptors (Lipinski definition) is 5. The Morgan fingerprint density at radius 3 is 3.09 bits per heavy atom. The zero-order chi connectivity index (χ0) is 15.9. The Labute approximate surface area is 129 Å². The Morgan fingerprint density at radius 1 is 1.59 bits per heavy atom. The molecule has 2 heterocycles. The minimum Gasteiger partial charge on any atom is -0.383 e. The number of rotatable bonds is 7. The third-order valence-electron chi connectivity index (χ3n) is 3.47. The van der Waals surface area contributed by atoms with Crippen molar-refractivity contribution in [2.24, 2.45) is 0 Å². The van der Waals surface area contributed by atoms with Gasteiger partial charge in [0.1, 0.15) is 12.3 Å². The molecular weight excluding hydrogens is 288 g/mol. The van der Waals surface area contributed by atoms with Gasteiger partial charge < -0.3 is 19.7 Å². The molecule has 1 aliphatic rings. The Bertz CT molecular complexity index is 517. The number of carbonyl (C=O) groups excluding carboxylic acids is 2. The summed E-state index contributed by atoms with van der Waals surface area (Å²) in [4.78, 5) is 25.4. The minimum atomic E-state index is -0.240. The molecule has 0 radical (unpaired) electrons. The van der Waals surface area contributed by atoms with Crippen LogP contribution in [-0.4, -0.2) is 72.6 Å². The normalized spacial score (nSPS) is 18.5. The fourth-order valence-corrected chi connectivity index (χ4v) is 2.18. The van der Waals surface area contributed by atoms with E-state index in [-0.39, 0.29) is 24.5 Å². The summed E-state index contributed by atoms with van der Waals surface area (Å²) in [5.74, 6) is -0.294. The number of ether oxygens (including phenoxy) is 2. The maximum atomic E-state index is 12.0. The van der Waals surface area contributed by atoms with Crippen molar-refractivity contribution in [1.29, 1.82) is 0 Å². The highest BCUT2D eigenvalue weighted by atomic mass is 16.5. The van der Waals surface area contributed by atoms with Crippen LogP contribution in [0.3, 0.4) is 0 Å². The van der Waals surface area contributed by atoms with Gasteiger partial charge >= 0.3 is 0 Å². The molecule has 8 nitrogen and oxygen atoms in total. The lowest BCUT2D eigenvalue weighted by Crippen LogP contribution is -2.51. The van der Waals surface area contributed by atoms with Crippen molar-refractivity contribution in [3.63, 3.8) is 0 Å². The predicted octanol–water partition coefficient (Wildman–Crippen LogP) is -0.493. The number of nitrogens with one attached hydrogen (secondary N) is 1. The second kappa shape index (κ2) is 7.90. The third kappa shape index (κ3) is 4.28. The first-order valence-corrected chi connectivity index (χ1v) is 7.34. The standard InChI is InChI=1S/C14H22N4O4/c1-3-18-5-4-12(16-18)14(20)15-8-11-9-17(6-7-21-2)13(19)10-22-11/h4-5,11H,3,6-10H2,1-2H3,(H,15,20). The number of aryl methyl sites for hydroxylation is 1. The fraction of sp³-hybridized carbons (Fsp3) is 0.643. The summed E-state index contributed by atoms with van der Waals surface area (Å²) in [6, 6.07) is 1.68. The quantitative estimate of drug-likeness (QED) is 0.734. The maximum Gasteiger partial charge on any atom is 0.271 e. The predicted molar refractivity (Wildman–Crippen MR) is 78.4 cm³/mol. The van der Waals surface area contributed by atoms with Crippen molar-refractivity contribution in [3.8, 4) is 0 Å². The average Bonchev–Trinajstić information content (AvgIpc) is 3.01. The van der Waals surface area contributed by atoms with Gasteiger partial charge in [-0.25, -0.2) is 0 Å². The van der Waals surface area contributed by atoms with E-state index in [1.54, 1.807) is 29.0 Å². The first-order valence-electron chi connectivity index (χ1n) is 7.34. The lowest BCUT2D eigenvalue weighted by molar-refractivity contribution is -0.149. The summed E-state index contributed by atoms with van der Waals surface area (Å²) in [6.45, 7) is 4.52. The lowest BCUT2D eigenvalue weighted by atomic mass is 10.2. The number of aromatic nitrogens is 2. The van der Waals surface area contributed by atoms with E-state index in [0.29, 0.717) is 31.9 Å². The SMILES string of the molecule is CCn1ccc(C(=O)NCC2CN(CCOC)C(=O)CO2)n1. The van der Waals surface area contributed by atoms with Gasteiger partial charge in [-0.1, -0.05) is 0 Å². The topological polar surface area (TPSA) is 85.7 Å². The summed E-state index contributed by atoms with van der Waals surface area (Å²) in [7, 11) is 1.60. The number of amides is 2. The van der Waals surface area contributed by atoms with Gasteiger partial charge in [0.2, 0.25) is 5.91 Å². The zero-order valence-electron chi connectivity index (χ0n) is 12.9. The Morgan fingerprint density at radius 2 is 2.41 bits per heavy atom. The van der Waals surface area contributed by atoms with E-state index in [9.17, 15) is 9.59 Å². The van der Waals surface area contributed by atoms with Crippen LogP contribution in [0.4, 0.5) is 0 Å².